The van der Waals surface area contributed by atoms with Crippen molar-refractivity contribution in [1.82, 2.24) is 4.90 Å². The van der Waals surface area contributed by atoms with E-state index in [-0.39, 0.29) is 24.3 Å². The van der Waals surface area contributed by atoms with Crippen LogP contribution in [0.15, 0.2) is 17.9 Å². The first-order valence-corrected chi connectivity index (χ1v) is 18.1. The summed E-state index contributed by atoms with van der Waals surface area (Å²) in [6.45, 7) is 12.9. The largest absolute Gasteiger partial charge is 0.491 e. The lowest BCUT2D eigenvalue weighted by Gasteiger charge is -2.41. The first kappa shape index (κ1) is 34.5. The fourth-order valence-electron chi connectivity index (χ4n) is 6.19. The highest BCUT2D eigenvalue weighted by atomic mass is 35.5. The van der Waals surface area contributed by atoms with Gasteiger partial charge in [0.1, 0.15) is 11.5 Å². The number of unbranched alkanes of at least 4 members (excludes halogenated alkanes) is 2. The molecule has 3 aliphatic rings. The molecule has 3 heterocycles. The normalized spacial score (nSPS) is 20.4. The molecule has 1 fully saturated rings. The van der Waals surface area contributed by atoms with Crippen molar-refractivity contribution in [3.05, 3.63) is 29.0 Å². The van der Waals surface area contributed by atoms with Crippen molar-refractivity contribution in [2.75, 3.05) is 38.8 Å². The zero-order valence-corrected chi connectivity index (χ0v) is 28.5. The van der Waals surface area contributed by atoms with E-state index in [0.717, 1.165) is 61.5 Å². The molecule has 0 N–H and O–H groups in total. The van der Waals surface area contributed by atoms with Gasteiger partial charge in [0, 0.05) is 5.57 Å². The molecule has 0 aliphatic carbocycles. The summed E-state index contributed by atoms with van der Waals surface area (Å²) in [5.41, 5.74) is 3.23. The van der Waals surface area contributed by atoms with Crippen molar-refractivity contribution in [3.8, 4) is 11.5 Å². The number of allylic oxidation sites excluding steroid dienone is 1. The van der Waals surface area contributed by atoms with Crippen molar-refractivity contribution in [2.45, 2.75) is 102 Å². The van der Waals surface area contributed by atoms with Crippen LogP contribution in [0.5, 0.6) is 11.5 Å². The van der Waals surface area contributed by atoms with Crippen molar-refractivity contribution >= 4 is 47.5 Å². The maximum Gasteiger partial charge on any atom is 0.314 e. The zero-order valence-electron chi connectivity index (χ0n) is 26.1. The predicted molar refractivity (Wildman–Crippen MR) is 178 cm³/mol. The van der Waals surface area contributed by atoms with Crippen LogP contribution in [-0.2, 0) is 9.53 Å². The molecule has 41 heavy (non-hydrogen) atoms. The molecule has 3 aliphatic heterocycles. The molecule has 3 unspecified atom stereocenters. The number of rotatable bonds is 13. The average Bonchev–Trinajstić information content (AvgIpc) is 2.99. The van der Waals surface area contributed by atoms with Crippen molar-refractivity contribution < 1.29 is 19.0 Å². The number of benzene rings is 1. The molecule has 1 saturated heterocycles. The predicted octanol–water partition coefficient (Wildman–Crippen LogP) is 9.14. The quantitative estimate of drug-likeness (QED) is 0.0937. The summed E-state index contributed by atoms with van der Waals surface area (Å²) >= 11 is 3.33. The van der Waals surface area contributed by atoms with E-state index < -0.39 is 4.27 Å². The van der Waals surface area contributed by atoms with Crippen LogP contribution in [-0.4, -0.2) is 53.9 Å². The van der Waals surface area contributed by atoms with Crippen LogP contribution in [0, 0.1) is 11.8 Å². The van der Waals surface area contributed by atoms with E-state index in [2.05, 4.69) is 50.3 Å². The van der Waals surface area contributed by atoms with Crippen LogP contribution >= 0.6 is 35.9 Å². The molecule has 0 bridgehead atoms. The first-order chi connectivity index (χ1) is 19.3. The Bertz CT molecular complexity index is 1040. The van der Waals surface area contributed by atoms with Gasteiger partial charge in [-0.05, 0) is 93.8 Å². The Morgan fingerprint density at radius 1 is 1.05 bits per heavy atom. The Kier molecular flexibility index (Phi) is 13.6. The highest BCUT2D eigenvalue weighted by molar-refractivity contribution is 8.17. The molecule has 4 rings (SSSR count). The van der Waals surface area contributed by atoms with Crippen LogP contribution in [0.2, 0.25) is 0 Å². The molecule has 1 aromatic rings. The molecule has 5 nitrogen and oxygen atoms in total. The molecule has 8 heteroatoms. The van der Waals surface area contributed by atoms with Crippen molar-refractivity contribution in [2.24, 2.45) is 11.8 Å². The molecule has 0 amide bonds. The number of nitrogens with zero attached hydrogens (tertiary/aromatic N) is 1. The Balaban J connectivity index is 0.00000462. The van der Waals surface area contributed by atoms with Gasteiger partial charge in [0.15, 0.2) is 5.76 Å². The van der Waals surface area contributed by atoms with Gasteiger partial charge >= 0.3 is 5.97 Å². The SMILES string of the molecule is CCCCCC(C)C(C)c1cc(OC(=O)C(C)CCN2CCCCC2)c2c(c1)OC(SC)(SC)C1=C2CCCO1.Cl. The van der Waals surface area contributed by atoms with Gasteiger partial charge in [0.05, 0.1) is 18.1 Å². The molecular weight excluding hydrogens is 574 g/mol. The molecule has 1 aromatic carbocycles. The van der Waals surface area contributed by atoms with E-state index in [1.54, 1.807) is 23.5 Å². The number of carbonyl (C=O) groups excluding carboxylic acids is 1. The van der Waals surface area contributed by atoms with Gasteiger partial charge in [0.25, 0.3) is 4.27 Å². The Labute approximate surface area is 263 Å². The molecule has 0 radical (unpaired) electrons. The fourth-order valence-corrected chi connectivity index (χ4v) is 7.94. The van der Waals surface area contributed by atoms with Gasteiger partial charge in [-0.3, -0.25) is 4.79 Å². The molecule has 0 spiro atoms. The van der Waals surface area contributed by atoms with Crippen LogP contribution in [0.25, 0.3) is 5.57 Å². The van der Waals surface area contributed by atoms with Crippen molar-refractivity contribution in [1.29, 1.82) is 0 Å². The zero-order chi connectivity index (χ0) is 28.7. The molecule has 0 aromatic heterocycles. The summed E-state index contributed by atoms with van der Waals surface area (Å²) < 4.78 is 18.8. The standard InChI is InChI=1S/C33H51NO4S2.ClH/c1-7-8-10-14-23(2)25(4)26-21-28(37-32(35)24(3)16-19-34-17-11-9-12-18-34)30-27-15-13-20-36-31(27)33(39-5,40-6)38-29(30)22-26;/h21-25H,7-20H2,1-6H3;1H. The number of ether oxygens (including phenoxy) is 3. The lowest BCUT2D eigenvalue weighted by Crippen LogP contribution is -2.37. The number of hydrogen-bond acceptors (Lipinski definition) is 7. The second-order valence-corrected chi connectivity index (χ2v) is 14.2. The smallest absolute Gasteiger partial charge is 0.314 e. The molecular formula is C33H52ClNO4S2. The summed E-state index contributed by atoms with van der Waals surface area (Å²) in [6.07, 6.45) is 15.6. The summed E-state index contributed by atoms with van der Waals surface area (Å²) in [5, 5.41) is 0. The Morgan fingerprint density at radius 2 is 1.78 bits per heavy atom. The number of halogens is 1. The lowest BCUT2D eigenvalue weighted by molar-refractivity contribution is -0.138. The van der Waals surface area contributed by atoms with Crippen LogP contribution in [0.3, 0.4) is 0 Å². The van der Waals surface area contributed by atoms with E-state index in [1.165, 1.54) is 50.5 Å². The third-order valence-electron chi connectivity index (χ3n) is 9.12. The Hall–Kier alpha value is -1.02. The second-order valence-electron chi connectivity index (χ2n) is 12.0. The van der Waals surface area contributed by atoms with Gasteiger partial charge in [-0.1, -0.05) is 83.3 Å². The van der Waals surface area contributed by atoms with Crippen LogP contribution in [0.1, 0.15) is 109 Å². The summed E-state index contributed by atoms with van der Waals surface area (Å²) in [4.78, 5) is 16.0. The molecule has 0 saturated carbocycles. The topological polar surface area (TPSA) is 48.0 Å². The maximum absolute atomic E-state index is 13.5. The number of likely N-dealkylation sites (tertiary alicyclic amines) is 1. The van der Waals surface area contributed by atoms with Gasteiger partial charge in [-0.25, -0.2) is 0 Å². The minimum atomic E-state index is -0.625. The average molecular weight is 626 g/mol. The number of fused-ring (bicyclic) bond motifs is 2. The number of piperidine rings is 1. The van der Waals surface area contributed by atoms with E-state index in [4.69, 9.17) is 14.2 Å². The van der Waals surface area contributed by atoms with Gasteiger partial charge < -0.3 is 19.1 Å². The number of thioether (sulfide) groups is 2. The number of hydrogen-bond donors (Lipinski definition) is 0. The lowest BCUT2D eigenvalue weighted by atomic mass is 9.83. The third kappa shape index (κ3) is 8.13. The maximum atomic E-state index is 13.5. The van der Waals surface area contributed by atoms with E-state index in [9.17, 15) is 4.79 Å². The highest BCUT2D eigenvalue weighted by Crippen LogP contribution is 2.56. The van der Waals surface area contributed by atoms with E-state index in [1.807, 2.05) is 6.92 Å². The summed E-state index contributed by atoms with van der Waals surface area (Å²) in [6, 6.07) is 4.34. The van der Waals surface area contributed by atoms with Gasteiger partial charge in [-0.15, -0.1) is 12.4 Å². The fraction of sp³-hybridized carbons (Fsp3) is 0.727. The van der Waals surface area contributed by atoms with Gasteiger partial charge in [0.2, 0.25) is 0 Å². The van der Waals surface area contributed by atoms with E-state index in [0.29, 0.717) is 24.2 Å². The summed E-state index contributed by atoms with van der Waals surface area (Å²) in [5.74, 6) is 2.89. The Morgan fingerprint density at radius 3 is 2.46 bits per heavy atom. The minimum absolute atomic E-state index is 0. The van der Waals surface area contributed by atoms with Crippen LogP contribution in [0.4, 0.5) is 0 Å². The van der Waals surface area contributed by atoms with Crippen molar-refractivity contribution in [3.63, 3.8) is 0 Å². The van der Waals surface area contributed by atoms with Crippen LogP contribution < -0.4 is 9.47 Å². The second kappa shape index (κ2) is 16.2. The molecule has 232 valence electrons. The van der Waals surface area contributed by atoms with Gasteiger partial charge in [-0.2, -0.15) is 0 Å². The minimum Gasteiger partial charge on any atom is -0.491 e. The number of carbonyl (C=O) groups is 1. The van der Waals surface area contributed by atoms with E-state index >= 15 is 0 Å². The number of esters is 1. The monoisotopic (exact) mass is 625 g/mol. The molecule has 3 atom stereocenters. The highest BCUT2D eigenvalue weighted by Gasteiger charge is 2.46. The summed E-state index contributed by atoms with van der Waals surface area (Å²) in [7, 11) is 0. The third-order valence-corrected chi connectivity index (χ3v) is 11.7. The first-order valence-electron chi connectivity index (χ1n) is 15.6.